The van der Waals surface area contributed by atoms with Crippen molar-refractivity contribution in [2.75, 3.05) is 5.32 Å². The molecule has 96 valence electrons. The SMILES string of the molecule is Cc1ccc(Nc2nc(C(C)(C)C)cs2)cc1Cl. The Hall–Kier alpha value is -1.06. The van der Waals surface area contributed by atoms with Gasteiger partial charge in [0, 0.05) is 21.5 Å². The lowest BCUT2D eigenvalue weighted by Crippen LogP contribution is -2.11. The number of rotatable bonds is 2. The van der Waals surface area contributed by atoms with Gasteiger partial charge in [-0.1, -0.05) is 38.4 Å². The molecule has 1 aromatic heterocycles. The van der Waals surface area contributed by atoms with E-state index in [1.165, 1.54) is 0 Å². The fourth-order valence-corrected chi connectivity index (χ4v) is 2.61. The van der Waals surface area contributed by atoms with Crippen LogP contribution in [0.2, 0.25) is 5.02 Å². The average molecular weight is 281 g/mol. The van der Waals surface area contributed by atoms with Crippen LogP contribution in [0.4, 0.5) is 10.8 Å². The zero-order valence-corrected chi connectivity index (χ0v) is 12.6. The van der Waals surface area contributed by atoms with Crippen LogP contribution in [0, 0.1) is 6.92 Å². The highest BCUT2D eigenvalue weighted by atomic mass is 35.5. The molecule has 0 unspecified atom stereocenters. The number of benzene rings is 1. The Morgan fingerprint density at radius 2 is 2.00 bits per heavy atom. The van der Waals surface area contributed by atoms with Crippen LogP contribution in [-0.2, 0) is 5.41 Å². The van der Waals surface area contributed by atoms with Crippen LogP contribution >= 0.6 is 22.9 Å². The van der Waals surface area contributed by atoms with E-state index in [9.17, 15) is 0 Å². The molecule has 0 saturated carbocycles. The molecule has 1 aromatic carbocycles. The molecule has 0 aliphatic carbocycles. The maximum Gasteiger partial charge on any atom is 0.187 e. The van der Waals surface area contributed by atoms with E-state index in [1.54, 1.807) is 11.3 Å². The zero-order valence-electron chi connectivity index (χ0n) is 11.0. The van der Waals surface area contributed by atoms with E-state index in [0.29, 0.717) is 0 Å². The van der Waals surface area contributed by atoms with E-state index in [0.717, 1.165) is 27.1 Å². The maximum atomic E-state index is 6.10. The maximum absolute atomic E-state index is 6.10. The van der Waals surface area contributed by atoms with Crippen molar-refractivity contribution in [1.29, 1.82) is 0 Å². The predicted molar refractivity (Wildman–Crippen MR) is 80.3 cm³/mol. The molecule has 2 rings (SSSR count). The molecular weight excluding hydrogens is 264 g/mol. The zero-order chi connectivity index (χ0) is 13.3. The predicted octanol–water partition coefficient (Wildman–Crippen LogP) is 5.15. The van der Waals surface area contributed by atoms with E-state index in [2.05, 4.69) is 36.5 Å². The van der Waals surface area contributed by atoms with Gasteiger partial charge in [-0.2, -0.15) is 0 Å². The minimum absolute atomic E-state index is 0.0847. The Labute approximate surface area is 117 Å². The summed E-state index contributed by atoms with van der Waals surface area (Å²) in [5.74, 6) is 0. The van der Waals surface area contributed by atoms with Crippen LogP contribution in [0.25, 0.3) is 0 Å². The molecule has 1 heterocycles. The van der Waals surface area contributed by atoms with Gasteiger partial charge in [-0.15, -0.1) is 11.3 Å². The van der Waals surface area contributed by atoms with Crippen LogP contribution in [0.15, 0.2) is 23.6 Å². The van der Waals surface area contributed by atoms with Gasteiger partial charge in [0.15, 0.2) is 5.13 Å². The molecule has 0 saturated heterocycles. The van der Waals surface area contributed by atoms with Gasteiger partial charge in [0.2, 0.25) is 0 Å². The van der Waals surface area contributed by atoms with Crippen molar-refractivity contribution in [2.45, 2.75) is 33.1 Å². The van der Waals surface area contributed by atoms with Crippen LogP contribution in [0.5, 0.6) is 0 Å². The first-order valence-electron chi connectivity index (χ1n) is 5.85. The third kappa shape index (κ3) is 3.03. The average Bonchev–Trinajstić information content (AvgIpc) is 2.72. The second kappa shape index (κ2) is 4.90. The van der Waals surface area contributed by atoms with Crippen LogP contribution in [0.1, 0.15) is 32.0 Å². The molecule has 0 atom stereocenters. The highest BCUT2D eigenvalue weighted by Crippen LogP contribution is 2.29. The van der Waals surface area contributed by atoms with Gasteiger partial charge in [0.25, 0.3) is 0 Å². The minimum atomic E-state index is 0.0847. The lowest BCUT2D eigenvalue weighted by Gasteiger charge is -2.14. The fourth-order valence-electron chi connectivity index (χ4n) is 1.47. The summed E-state index contributed by atoms with van der Waals surface area (Å²) >= 11 is 7.72. The standard InChI is InChI=1S/C14H17ClN2S/c1-9-5-6-10(7-11(9)15)16-13-17-12(8-18-13)14(2,3)4/h5-8H,1-4H3,(H,16,17). The van der Waals surface area contributed by atoms with Crippen molar-refractivity contribution in [3.8, 4) is 0 Å². The normalized spacial score (nSPS) is 11.6. The third-order valence-electron chi connectivity index (χ3n) is 2.70. The van der Waals surface area contributed by atoms with Gasteiger partial charge in [0.05, 0.1) is 5.69 Å². The topological polar surface area (TPSA) is 24.9 Å². The van der Waals surface area contributed by atoms with Gasteiger partial charge in [-0.05, 0) is 24.6 Å². The highest BCUT2D eigenvalue weighted by molar-refractivity contribution is 7.13. The lowest BCUT2D eigenvalue weighted by atomic mass is 9.93. The molecule has 0 aliphatic rings. The summed E-state index contributed by atoms with van der Waals surface area (Å²) in [6.07, 6.45) is 0. The van der Waals surface area contributed by atoms with Crippen molar-refractivity contribution in [1.82, 2.24) is 4.98 Å². The first-order chi connectivity index (χ1) is 8.36. The largest absolute Gasteiger partial charge is 0.331 e. The number of aromatic nitrogens is 1. The minimum Gasteiger partial charge on any atom is -0.331 e. The molecule has 0 amide bonds. The Morgan fingerprint density at radius 3 is 2.56 bits per heavy atom. The van der Waals surface area contributed by atoms with Crippen molar-refractivity contribution in [2.24, 2.45) is 0 Å². The molecule has 0 spiro atoms. The molecule has 2 aromatic rings. The van der Waals surface area contributed by atoms with Crippen molar-refractivity contribution in [3.63, 3.8) is 0 Å². The van der Waals surface area contributed by atoms with Gasteiger partial charge >= 0.3 is 0 Å². The quantitative estimate of drug-likeness (QED) is 0.823. The Bertz CT molecular complexity index is 555. The number of aryl methyl sites for hydroxylation is 1. The van der Waals surface area contributed by atoms with Crippen LogP contribution in [-0.4, -0.2) is 4.98 Å². The number of thiazole rings is 1. The lowest BCUT2D eigenvalue weighted by molar-refractivity contribution is 0.573. The monoisotopic (exact) mass is 280 g/mol. The Kier molecular flexibility index (Phi) is 3.64. The van der Waals surface area contributed by atoms with Crippen molar-refractivity contribution >= 4 is 33.8 Å². The molecule has 0 bridgehead atoms. The second-order valence-electron chi connectivity index (χ2n) is 5.38. The van der Waals surface area contributed by atoms with E-state index in [1.807, 2.05) is 25.1 Å². The molecule has 4 heteroatoms. The van der Waals surface area contributed by atoms with Gasteiger partial charge in [0.1, 0.15) is 0 Å². The van der Waals surface area contributed by atoms with Crippen molar-refractivity contribution in [3.05, 3.63) is 39.9 Å². The van der Waals surface area contributed by atoms with Gasteiger partial charge in [-0.3, -0.25) is 0 Å². The van der Waals surface area contributed by atoms with Gasteiger partial charge in [-0.25, -0.2) is 4.98 Å². The summed E-state index contributed by atoms with van der Waals surface area (Å²) in [5, 5.41) is 7.06. The molecule has 0 aliphatic heterocycles. The van der Waals surface area contributed by atoms with E-state index in [4.69, 9.17) is 11.6 Å². The third-order valence-corrected chi connectivity index (χ3v) is 3.86. The number of anilines is 2. The highest BCUT2D eigenvalue weighted by Gasteiger charge is 2.17. The first-order valence-corrected chi connectivity index (χ1v) is 7.11. The smallest absolute Gasteiger partial charge is 0.187 e. The summed E-state index contributed by atoms with van der Waals surface area (Å²) in [7, 11) is 0. The van der Waals surface area contributed by atoms with Crippen molar-refractivity contribution < 1.29 is 0 Å². The van der Waals surface area contributed by atoms with Gasteiger partial charge < -0.3 is 5.32 Å². The molecule has 0 fully saturated rings. The molecular formula is C14H17ClN2S. The second-order valence-corrected chi connectivity index (χ2v) is 6.64. The summed E-state index contributed by atoms with van der Waals surface area (Å²) in [5.41, 5.74) is 3.24. The molecule has 18 heavy (non-hydrogen) atoms. The number of nitrogens with one attached hydrogen (secondary N) is 1. The van der Waals surface area contributed by atoms with E-state index < -0.39 is 0 Å². The van der Waals surface area contributed by atoms with Crippen LogP contribution in [0.3, 0.4) is 0 Å². The van der Waals surface area contributed by atoms with E-state index in [-0.39, 0.29) is 5.41 Å². The first kappa shape index (κ1) is 13.4. The number of halogens is 1. The number of hydrogen-bond acceptors (Lipinski definition) is 3. The summed E-state index contributed by atoms with van der Waals surface area (Å²) < 4.78 is 0. The molecule has 1 N–H and O–H groups in total. The number of hydrogen-bond donors (Lipinski definition) is 1. The Morgan fingerprint density at radius 1 is 1.28 bits per heavy atom. The Balaban J connectivity index is 2.19. The summed E-state index contributed by atoms with van der Waals surface area (Å²) in [6.45, 7) is 8.48. The molecule has 0 radical (unpaired) electrons. The molecule has 2 nitrogen and oxygen atoms in total. The fraction of sp³-hybridized carbons (Fsp3) is 0.357. The number of nitrogens with zero attached hydrogens (tertiary/aromatic N) is 1. The van der Waals surface area contributed by atoms with Crippen LogP contribution < -0.4 is 5.32 Å². The summed E-state index contributed by atoms with van der Waals surface area (Å²) in [6, 6.07) is 5.94. The van der Waals surface area contributed by atoms with E-state index >= 15 is 0 Å². The summed E-state index contributed by atoms with van der Waals surface area (Å²) in [4.78, 5) is 4.59.